The summed E-state index contributed by atoms with van der Waals surface area (Å²) >= 11 is 0. The molecule has 1 spiro atoms. The lowest BCUT2D eigenvalue weighted by Gasteiger charge is -2.39. The standard InChI is InChI=1S/C45H33N3O/c46-38-21-9-10-22-39(38)47-44(26-29-14-2-1-3-15-29)48-40-23-11-5-17-31(40)33-27-37-32(28-41(33)48)30-16-4-6-18-34(30)45(37)35-19-7-12-24-42(35)49-43-25-13-8-20-36(43)45/h1-25,27-28,44,47H,26,46H2. The summed E-state index contributed by atoms with van der Waals surface area (Å²) in [6.45, 7) is 0. The Hall–Kier alpha value is -6.26. The van der Waals surface area contributed by atoms with Crippen LogP contribution in [0.2, 0.25) is 0 Å². The quantitative estimate of drug-likeness (QED) is 0.186. The number of nitrogens with one attached hydrogen (secondary N) is 1. The Morgan fingerprint density at radius 1 is 0.551 bits per heavy atom. The van der Waals surface area contributed by atoms with E-state index in [9.17, 15) is 0 Å². The van der Waals surface area contributed by atoms with Gasteiger partial charge >= 0.3 is 0 Å². The molecule has 0 amide bonds. The van der Waals surface area contributed by atoms with Crippen molar-refractivity contribution in [3.05, 3.63) is 192 Å². The molecule has 2 heterocycles. The zero-order valence-electron chi connectivity index (χ0n) is 26.8. The van der Waals surface area contributed by atoms with Crippen molar-refractivity contribution in [2.75, 3.05) is 11.1 Å². The van der Waals surface area contributed by atoms with Gasteiger partial charge < -0.3 is 20.4 Å². The summed E-state index contributed by atoms with van der Waals surface area (Å²) in [4.78, 5) is 0. The number of nitrogens with zero attached hydrogens (tertiary/aromatic N) is 1. The van der Waals surface area contributed by atoms with E-state index in [4.69, 9.17) is 10.5 Å². The average Bonchev–Trinajstić information content (AvgIpc) is 3.62. The number of fused-ring (bicyclic) bond motifs is 12. The molecule has 1 aliphatic carbocycles. The molecule has 7 aromatic carbocycles. The summed E-state index contributed by atoms with van der Waals surface area (Å²) in [7, 11) is 0. The van der Waals surface area contributed by atoms with E-state index in [1.807, 2.05) is 18.2 Å². The Bertz CT molecular complexity index is 2520. The van der Waals surface area contributed by atoms with E-state index >= 15 is 0 Å². The van der Waals surface area contributed by atoms with Crippen LogP contribution >= 0.6 is 0 Å². The number of rotatable bonds is 5. The molecule has 1 aromatic heterocycles. The minimum Gasteiger partial charge on any atom is -0.457 e. The van der Waals surface area contributed by atoms with Crippen molar-refractivity contribution in [3.8, 4) is 22.6 Å². The van der Waals surface area contributed by atoms with Gasteiger partial charge in [-0.25, -0.2) is 0 Å². The van der Waals surface area contributed by atoms with Crippen molar-refractivity contribution in [2.45, 2.75) is 18.0 Å². The van der Waals surface area contributed by atoms with Crippen LogP contribution < -0.4 is 15.8 Å². The normalized spacial score (nSPS) is 14.1. The fourth-order valence-electron chi connectivity index (χ4n) is 8.53. The van der Waals surface area contributed by atoms with Crippen molar-refractivity contribution in [2.24, 2.45) is 0 Å². The second kappa shape index (κ2) is 10.6. The molecule has 0 fully saturated rings. The van der Waals surface area contributed by atoms with Gasteiger partial charge in [0.1, 0.15) is 17.7 Å². The Morgan fingerprint density at radius 2 is 1.18 bits per heavy atom. The minimum atomic E-state index is -0.519. The fraction of sp³-hybridized carbons (Fsp3) is 0.0667. The highest BCUT2D eigenvalue weighted by Gasteiger charge is 2.51. The largest absolute Gasteiger partial charge is 0.457 e. The molecule has 0 bridgehead atoms. The summed E-state index contributed by atoms with van der Waals surface area (Å²) < 4.78 is 9.08. The summed E-state index contributed by atoms with van der Waals surface area (Å²) in [6, 6.07) is 58.5. The Balaban J connectivity index is 1.29. The highest BCUT2D eigenvalue weighted by Crippen LogP contribution is 2.62. The number of ether oxygens (including phenoxy) is 1. The number of para-hydroxylation sites is 5. The number of anilines is 2. The minimum absolute atomic E-state index is 0.109. The van der Waals surface area contributed by atoms with E-state index < -0.39 is 5.41 Å². The highest BCUT2D eigenvalue weighted by molar-refractivity contribution is 6.11. The van der Waals surface area contributed by atoms with Gasteiger partial charge in [-0.2, -0.15) is 0 Å². The van der Waals surface area contributed by atoms with Crippen LogP contribution in [0.4, 0.5) is 11.4 Å². The van der Waals surface area contributed by atoms with Crippen molar-refractivity contribution in [3.63, 3.8) is 0 Å². The Kier molecular flexibility index (Phi) is 6.03. The molecule has 234 valence electrons. The Morgan fingerprint density at radius 3 is 1.96 bits per heavy atom. The molecular formula is C45H33N3O. The van der Waals surface area contributed by atoms with Gasteiger partial charge in [-0.1, -0.05) is 121 Å². The molecule has 0 saturated heterocycles. The van der Waals surface area contributed by atoms with Crippen LogP contribution in [0, 0.1) is 0 Å². The van der Waals surface area contributed by atoms with Crippen molar-refractivity contribution in [1.82, 2.24) is 4.57 Å². The smallest absolute Gasteiger partial charge is 0.132 e. The Labute approximate surface area is 285 Å². The molecule has 49 heavy (non-hydrogen) atoms. The van der Waals surface area contributed by atoms with E-state index in [2.05, 4.69) is 155 Å². The van der Waals surface area contributed by atoms with Crippen molar-refractivity contribution >= 4 is 33.2 Å². The molecule has 8 aromatic rings. The second-order valence-corrected chi connectivity index (χ2v) is 13.1. The zero-order valence-corrected chi connectivity index (χ0v) is 26.8. The second-order valence-electron chi connectivity index (χ2n) is 13.1. The maximum Gasteiger partial charge on any atom is 0.132 e. The van der Waals surface area contributed by atoms with E-state index in [1.165, 1.54) is 60.8 Å². The topological polar surface area (TPSA) is 52.2 Å². The van der Waals surface area contributed by atoms with Gasteiger partial charge in [0.25, 0.3) is 0 Å². The first-order valence-electron chi connectivity index (χ1n) is 16.9. The highest BCUT2D eigenvalue weighted by atomic mass is 16.5. The monoisotopic (exact) mass is 631 g/mol. The first kappa shape index (κ1) is 27.8. The number of aromatic nitrogens is 1. The predicted molar refractivity (Wildman–Crippen MR) is 200 cm³/mol. The number of nitrogen functional groups attached to an aromatic ring is 1. The zero-order chi connectivity index (χ0) is 32.5. The molecule has 4 nitrogen and oxygen atoms in total. The molecule has 1 atom stereocenters. The summed E-state index contributed by atoms with van der Waals surface area (Å²) in [5, 5.41) is 6.32. The number of hydrogen-bond acceptors (Lipinski definition) is 3. The fourth-order valence-corrected chi connectivity index (χ4v) is 8.53. The molecule has 0 radical (unpaired) electrons. The van der Waals surface area contributed by atoms with Crippen LogP contribution in [-0.2, 0) is 11.8 Å². The lowest BCUT2D eigenvalue weighted by molar-refractivity contribution is 0.436. The lowest BCUT2D eigenvalue weighted by atomic mass is 9.66. The van der Waals surface area contributed by atoms with Crippen LogP contribution in [0.15, 0.2) is 164 Å². The summed E-state index contributed by atoms with van der Waals surface area (Å²) in [5.41, 5.74) is 18.7. The van der Waals surface area contributed by atoms with E-state index in [-0.39, 0.29) is 6.17 Å². The molecular weight excluding hydrogens is 599 g/mol. The van der Waals surface area contributed by atoms with Gasteiger partial charge in [0, 0.05) is 28.3 Å². The van der Waals surface area contributed by atoms with Gasteiger partial charge in [-0.15, -0.1) is 0 Å². The molecule has 1 unspecified atom stereocenters. The van der Waals surface area contributed by atoms with Crippen LogP contribution in [0.3, 0.4) is 0 Å². The van der Waals surface area contributed by atoms with E-state index in [0.29, 0.717) is 0 Å². The van der Waals surface area contributed by atoms with Gasteiger partial charge in [-0.05, 0) is 70.3 Å². The molecule has 2 aliphatic rings. The van der Waals surface area contributed by atoms with Gasteiger partial charge in [0.05, 0.1) is 27.8 Å². The number of hydrogen-bond donors (Lipinski definition) is 2. The van der Waals surface area contributed by atoms with Crippen molar-refractivity contribution in [1.29, 1.82) is 0 Å². The van der Waals surface area contributed by atoms with Crippen LogP contribution in [0.1, 0.15) is 34.0 Å². The predicted octanol–water partition coefficient (Wildman–Crippen LogP) is 10.7. The third kappa shape index (κ3) is 3.98. The number of benzene rings is 7. The third-order valence-corrected chi connectivity index (χ3v) is 10.5. The first-order chi connectivity index (χ1) is 24.2. The van der Waals surface area contributed by atoms with Crippen molar-refractivity contribution < 1.29 is 4.74 Å². The first-order valence-corrected chi connectivity index (χ1v) is 16.9. The lowest BCUT2D eigenvalue weighted by Crippen LogP contribution is -2.32. The SMILES string of the molecule is Nc1ccccc1NC(Cc1ccccc1)n1c2ccccc2c2cc3c(cc21)-c1ccccc1C31c2ccccc2Oc2ccccc21. The number of nitrogens with two attached hydrogens (primary N) is 1. The molecule has 0 saturated carbocycles. The molecule has 3 N–H and O–H groups in total. The van der Waals surface area contributed by atoms with Gasteiger partial charge in [-0.3, -0.25) is 0 Å². The summed E-state index contributed by atoms with van der Waals surface area (Å²) in [5.74, 6) is 1.80. The van der Waals surface area contributed by atoms with Crippen LogP contribution in [0.25, 0.3) is 32.9 Å². The van der Waals surface area contributed by atoms with Gasteiger partial charge in [0.2, 0.25) is 0 Å². The average molecular weight is 632 g/mol. The molecule has 4 heteroatoms. The molecule has 1 aliphatic heterocycles. The maximum atomic E-state index is 6.59. The van der Waals surface area contributed by atoms with Gasteiger partial charge in [0.15, 0.2) is 0 Å². The van der Waals surface area contributed by atoms with Crippen LogP contribution in [0.5, 0.6) is 11.5 Å². The van der Waals surface area contributed by atoms with E-state index in [1.54, 1.807) is 0 Å². The summed E-state index contributed by atoms with van der Waals surface area (Å²) in [6.07, 6.45) is 0.668. The van der Waals surface area contributed by atoms with Crippen LogP contribution in [-0.4, -0.2) is 4.57 Å². The maximum absolute atomic E-state index is 6.59. The third-order valence-electron chi connectivity index (χ3n) is 10.5. The molecule has 10 rings (SSSR count). The van der Waals surface area contributed by atoms with E-state index in [0.717, 1.165) is 29.3 Å².